The Morgan fingerprint density at radius 1 is 1.33 bits per heavy atom. The predicted octanol–water partition coefficient (Wildman–Crippen LogP) is 2.80. The molecule has 0 bridgehead atoms. The Labute approximate surface area is 157 Å². The molecule has 2 heterocycles. The van der Waals surface area contributed by atoms with Gasteiger partial charge < -0.3 is 15.8 Å². The number of aryl methyl sites for hydroxylation is 1. The van der Waals surface area contributed by atoms with E-state index in [4.69, 9.17) is 10.5 Å². The van der Waals surface area contributed by atoms with Gasteiger partial charge in [-0.3, -0.25) is 9.59 Å². The Hall–Kier alpha value is -3.07. The standard InChI is InChI=1S/C21H21N3O3/c1-10(2)12-7-16(25)18-17(8-12)27-19(23)14(9-22)21(18)13-6-11(3)4-5-15(13)24-20(21)26/h4-6,10,12H,7-8,23H2,1-3H3,(H,24,26). The van der Waals surface area contributed by atoms with E-state index in [1.54, 1.807) is 6.07 Å². The summed E-state index contributed by atoms with van der Waals surface area (Å²) in [7, 11) is 0. The molecule has 0 radical (unpaired) electrons. The lowest BCUT2D eigenvalue weighted by Gasteiger charge is -2.39. The molecule has 6 nitrogen and oxygen atoms in total. The van der Waals surface area contributed by atoms with Crippen molar-refractivity contribution in [2.24, 2.45) is 17.6 Å². The molecule has 0 fully saturated rings. The zero-order valence-electron chi connectivity index (χ0n) is 15.6. The van der Waals surface area contributed by atoms with Gasteiger partial charge in [-0.2, -0.15) is 5.26 Å². The molecule has 1 aromatic carbocycles. The third kappa shape index (κ3) is 2.18. The summed E-state index contributed by atoms with van der Waals surface area (Å²) in [5, 5.41) is 12.7. The summed E-state index contributed by atoms with van der Waals surface area (Å²) in [6, 6.07) is 7.56. The summed E-state index contributed by atoms with van der Waals surface area (Å²) in [4.78, 5) is 26.5. The van der Waals surface area contributed by atoms with Crippen LogP contribution in [0.1, 0.15) is 37.8 Å². The van der Waals surface area contributed by atoms with Crippen molar-refractivity contribution in [3.63, 3.8) is 0 Å². The Bertz CT molecular complexity index is 996. The van der Waals surface area contributed by atoms with Crippen molar-refractivity contribution in [1.82, 2.24) is 0 Å². The molecule has 0 aromatic heterocycles. The molecule has 1 aromatic rings. The van der Waals surface area contributed by atoms with Gasteiger partial charge in [0.2, 0.25) is 11.8 Å². The second-order valence-corrected chi connectivity index (χ2v) is 7.84. The van der Waals surface area contributed by atoms with Crippen molar-refractivity contribution >= 4 is 17.4 Å². The van der Waals surface area contributed by atoms with Gasteiger partial charge in [0.25, 0.3) is 0 Å². The maximum atomic E-state index is 13.3. The number of anilines is 1. The number of carbonyl (C=O) groups excluding carboxylic acids is 2. The fraction of sp³-hybridized carbons (Fsp3) is 0.381. The number of nitriles is 1. The summed E-state index contributed by atoms with van der Waals surface area (Å²) in [5.74, 6) is 0.154. The molecule has 1 amide bonds. The molecule has 2 unspecified atom stereocenters. The summed E-state index contributed by atoms with van der Waals surface area (Å²) in [6.45, 7) is 6.02. The van der Waals surface area contributed by atoms with Crippen LogP contribution in [0.25, 0.3) is 0 Å². The molecule has 1 spiro atoms. The topological polar surface area (TPSA) is 105 Å². The van der Waals surface area contributed by atoms with Gasteiger partial charge in [0.05, 0.1) is 5.57 Å². The average Bonchev–Trinajstić information content (AvgIpc) is 2.87. The van der Waals surface area contributed by atoms with Crippen LogP contribution in [0.4, 0.5) is 5.69 Å². The molecular formula is C21H21N3O3. The van der Waals surface area contributed by atoms with Crippen LogP contribution < -0.4 is 11.1 Å². The zero-order valence-corrected chi connectivity index (χ0v) is 15.6. The number of allylic oxidation sites excluding steroid dienone is 1. The highest BCUT2D eigenvalue weighted by atomic mass is 16.5. The molecule has 3 N–H and O–H groups in total. The number of ether oxygens (including phenoxy) is 1. The summed E-state index contributed by atoms with van der Waals surface area (Å²) < 4.78 is 5.74. The first kappa shape index (κ1) is 17.3. The molecule has 6 heteroatoms. The summed E-state index contributed by atoms with van der Waals surface area (Å²) in [6.07, 6.45) is 0.850. The number of ketones is 1. The monoisotopic (exact) mass is 363 g/mol. The van der Waals surface area contributed by atoms with Crippen molar-refractivity contribution in [3.05, 3.63) is 52.1 Å². The smallest absolute Gasteiger partial charge is 0.245 e. The van der Waals surface area contributed by atoms with Crippen molar-refractivity contribution in [1.29, 1.82) is 5.26 Å². The van der Waals surface area contributed by atoms with Crippen molar-refractivity contribution in [3.8, 4) is 6.07 Å². The molecule has 2 aliphatic heterocycles. The highest BCUT2D eigenvalue weighted by Gasteiger charge is 2.60. The van der Waals surface area contributed by atoms with E-state index in [2.05, 4.69) is 19.2 Å². The van der Waals surface area contributed by atoms with E-state index in [-0.39, 0.29) is 34.6 Å². The van der Waals surface area contributed by atoms with Crippen molar-refractivity contribution < 1.29 is 14.3 Å². The van der Waals surface area contributed by atoms with Crippen LogP contribution >= 0.6 is 0 Å². The Morgan fingerprint density at radius 2 is 2.07 bits per heavy atom. The number of carbonyl (C=O) groups is 2. The number of Topliss-reactive ketones (excluding diaryl/α,β-unsaturated/α-hetero) is 1. The van der Waals surface area contributed by atoms with Gasteiger partial charge in [-0.25, -0.2) is 0 Å². The van der Waals surface area contributed by atoms with Crippen molar-refractivity contribution in [2.75, 3.05) is 5.32 Å². The third-order valence-electron chi connectivity index (χ3n) is 5.90. The number of rotatable bonds is 1. The lowest BCUT2D eigenvalue weighted by molar-refractivity contribution is -0.124. The van der Waals surface area contributed by atoms with Gasteiger partial charge >= 0.3 is 0 Å². The van der Waals surface area contributed by atoms with Crippen LogP contribution in [0.2, 0.25) is 0 Å². The molecule has 2 atom stereocenters. The number of nitrogens with one attached hydrogen (secondary N) is 1. The van der Waals surface area contributed by atoms with E-state index in [1.807, 2.05) is 25.1 Å². The van der Waals surface area contributed by atoms with E-state index < -0.39 is 11.3 Å². The fourth-order valence-electron chi connectivity index (χ4n) is 4.44. The molecule has 0 saturated heterocycles. The zero-order chi connectivity index (χ0) is 19.5. The molecular weight excluding hydrogens is 342 g/mol. The number of hydrogen-bond acceptors (Lipinski definition) is 5. The molecule has 4 rings (SSSR count). The Morgan fingerprint density at radius 3 is 2.74 bits per heavy atom. The fourth-order valence-corrected chi connectivity index (χ4v) is 4.44. The van der Waals surface area contributed by atoms with E-state index >= 15 is 0 Å². The molecule has 1 aliphatic carbocycles. The summed E-state index contributed by atoms with van der Waals surface area (Å²) in [5.41, 5.74) is 6.94. The first-order chi connectivity index (χ1) is 12.8. The molecule has 3 aliphatic rings. The molecule has 27 heavy (non-hydrogen) atoms. The SMILES string of the molecule is Cc1ccc2c(c1)C1(C(=O)N2)C(C#N)=C(N)OC2=C1C(=O)CC(C(C)C)C2. The lowest BCUT2D eigenvalue weighted by Crippen LogP contribution is -2.47. The largest absolute Gasteiger partial charge is 0.444 e. The highest BCUT2D eigenvalue weighted by molar-refractivity contribution is 6.19. The maximum absolute atomic E-state index is 13.3. The van der Waals surface area contributed by atoms with Crippen LogP contribution in [-0.4, -0.2) is 11.7 Å². The molecule has 138 valence electrons. The summed E-state index contributed by atoms with van der Waals surface area (Å²) >= 11 is 0. The van der Waals surface area contributed by atoms with Crippen LogP contribution in [-0.2, 0) is 19.7 Å². The number of nitrogens with two attached hydrogens (primary N) is 1. The normalized spacial score (nSPS) is 26.7. The van der Waals surface area contributed by atoms with Gasteiger partial charge in [-0.15, -0.1) is 0 Å². The minimum absolute atomic E-state index is 0.0144. The van der Waals surface area contributed by atoms with Gasteiger partial charge in [-0.1, -0.05) is 31.5 Å². The second kappa shape index (κ2) is 5.71. The number of hydrogen-bond donors (Lipinski definition) is 2. The van der Waals surface area contributed by atoms with Crippen molar-refractivity contribution in [2.45, 2.75) is 39.0 Å². The van der Waals surface area contributed by atoms with Crippen LogP contribution in [0, 0.1) is 30.1 Å². The van der Waals surface area contributed by atoms with Crippen LogP contribution in [0.5, 0.6) is 0 Å². The second-order valence-electron chi connectivity index (χ2n) is 7.84. The minimum Gasteiger partial charge on any atom is -0.444 e. The average molecular weight is 363 g/mol. The quantitative estimate of drug-likeness (QED) is 0.798. The van der Waals surface area contributed by atoms with Gasteiger partial charge in [-0.05, 0) is 24.8 Å². The van der Waals surface area contributed by atoms with Crippen LogP contribution in [0.3, 0.4) is 0 Å². The minimum atomic E-state index is -1.52. The number of nitrogens with zero attached hydrogens (tertiary/aromatic N) is 1. The van der Waals surface area contributed by atoms with Gasteiger partial charge in [0.15, 0.2) is 5.78 Å². The number of benzene rings is 1. The lowest BCUT2D eigenvalue weighted by atomic mass is 9.63. The highest BCUT2D eigenvalue weighted by Crippen LogP contribution is 2.54. The third-order valence-corrected chi connectivity index (χ3v) is 5.90. The van der Waals surface area contributed by atoms with E-state index in [9.17, 15) is 14.9 Å². The Balaban J connectivity index is 2.04. The van der Waals surface area contributed by atoms with E-state index in [0.29, 0.717) is 29.9 Å². The van der Waals surface area contributed by atoms with Gasteiger partial charge in [0.1, 0.15) is 22.8 Å². The molecule has 0 saturated carbocycles. The Kier molecular flexibility index (Phi) is 3.67. The number of fused-ring (bicyclic) bond motifs is 3. The van der Waals surface area contributed by atoms with Gasteiger partial charge in [0, 0.05) is 24.1 Å². The first-order valence-corrected chi connectivity index (χ1v) is 9.08. The van der Waals surface area contributed by atoms with Crippen LogP contribution in [0.15, 0.2) is 41.0 Å². The first-order valence-electron chi connectivity index (χ1n) is 9.08. The van der Waals surface area contributed by atoms with E-state index in [0.717, 1.165) is 5.56 Å². The maximum Gasteiger partial charge on any atom is 0.245 e. The predicted molar refractivity (Wildman–Crippen MR) is 99.0 cm³/mol. The number of amides is 1. The van der Waals surface area contributed by atoms with E-state index in [1.165, 1.54) is 0 Å².